The molecule has 3 nitrogen and oxygen atoms in total. The van der Waals surface area contributed by atoms with E-state index in [2.05, 4.69) is 10.6 Å². The summed E-state index contributed by atoms with van der Waals surface area (Å²) in [5.41, 5.74) is 0. The third-order valence-corrected chi connectivity index (χ3v) is 0.957. The number of rotatable bonds is 0. The Morgan fingerprint density at radius 3 is 1.71 bits per heavy atom. The summed E-state index contributed by atoms with van der Waals surface area (Å²) in [6.45, 7) is 3.38. The minimum absolute atomic E-state index is 0. The molecule has 0 amide bonds. The quantitative estimate of drug-likeness (QED) is 0.394. The summed E-state index contributed by atoms with van der Waals surface area (Å²) >= 11 is 0. The van der Waals surface area contributed by atoms with Gasteiger partial charge in [-0.15, -0.1) is 0 Å². The molecule has 0 aliphatic carbocycles. The van der Waals surface area contributed by atoms with Crippen molar-refractivity contribution in [1.29, 1.82) is 0 Å². The number of hydrogen-bond acceptors (Lipinski definition) is 3. The first-order valence-corrected chi connectivity index (χ1v) is 2.41. The molecule has 0 spiro atoms. The van der Waals surface area contributed by atoms with Crippen LogP contribution in [0.2, 0.25) is 0 Å². The average Bonchev–Trinajstić information content (AvgIpc) is 1.72. The molecule has 3 heteroatoms. The number of nitrogens with one attached hydrogen (secondary N) is 2. The van der Waals surface area contributed by atoms with Crippen molar-refractivity contribution >= 4 is 0 Å². The van der Waals surface area contributed by atoms with Crippen LogP contribution in [0.1, 0.15) is 6.42 Å². The molecule has 0 aromatic rings. The van der Waals surface area contributed by atoms with Gasteiger partial charge in [0, 0.05) is 6.67 Å². The first-order chi connectivity index (χ1) is 3.00. The fourth-order valence-electron chi connectivity index (χ4n) is 0.604. The second kappa shape index (κ2) is 4.05. The standard InChI is InChI=1S/C4H10N2.H3N/c1-2-5-4-6-3-1;/h5-6H,1-4H2;1H3. The van der Waals surface area contributed by atoms with Gasteiger partial charge >= 0.3 is 0 Å². The Morgan fingerprint density at radius 1 is 1.00 bits per heavy atom. The van der Waals surface area contributed by atoms with E-state index in [0.29, 0.717) is 0 Å². The van der Waals surface area contributed by atoms with Crippen molar-refractivity contribution in [2.24, 2.45) is 0 Å². The summed E-state index contributed by atoms with van der Waals surface area (Å²) in [7, 11) is 0. The van der Waals surface area contributed by atoms with E-state index < -0.39 is 0 Å². The molecular formula is C4H13N3. The molecule has 0 bridgehead atoms. The highest BCUT2D eigenvalue weighted by Crippen LogP contribution is 1.75. The molecule has 1 heterocycles. The van der Waals surface area contributed by atoms with Crippen LogP contribution in [0.25, 0.3) is 0 Å². The van der Waals surface area contributed by atoms with Gasteiger partial charge in [-0.1, -0.05) is 0 Å². The minimum Gasteiger partial charge on any atom is -0.344 e. The van der Waals surface area contributed by atoms with Crippen molar-refractivity contribution in [3.8, 4) is 0 Å². The smallest absolute Gasteiger partial charge is 0.0454 e. The first kappa shape index (κ1) is 6.88. The van der Waals surface area contributed by atoms with Crippen molar-refractivity contribution in [3.63, 3.8) is 0 Å². The number of hydrogen-bond donors (Lipinski definition) is 3. The fourth-order valence-corrected chi connectivity index (χ4v) is 0.604. The zero-order valence-corrected chi connectivity index (χ0v) is 4.54. The van der Waals surface area contributed by atoms with Crippen LogP contribution < -0.4 is 16.8 Å². The third-order valence-electron chi connectivity index (χ3n) is 0.957. The molecule has 0 atom stereocenters. The molecule has 0 unspecified atom stereocenters. The van der Waals surface area contributed by atoms with Crippen molar-refractivity contribution in [1.82, 2.24) is 16.8 Å². The normalized spacial score (nSPS) is 20.6. The summed E-state index contributed by atoms with van der Waals surface area (Å²) in [5, 5.41) is 6.35. The van der Waals surface area contributed by atoms with E-state index in [-0.39, 0.29) is 6.15 Å². The van der Waals surface area contributed by atoms with Gasteiger partial charge in [-0.3, -0.25) is 0 Å². The van der Waals surface area contributed by atoms with Crippen LogP contribution in [0.15, 0.2) is 0 Å². The van der Waals surface area contributed by atoms with E-state index in [0.717, 1.165) is 6.67 Å². The largest absolute Gasteiger partial charge is 0.344 e. The van der Waals surface area contributed by atoms with Crippen LogP contribution in [0.3, 0.4) is 0 Å². The molecule has 44 valence electrons. The van der Waals surface area contributed by atoms with Crippen molar-refractivity contribution in [2.45, 2.75) is 6.42 Å². The monoisotopic (exact) mass is 103 g/mol. The molecule has 7 heavy (non-hydrogen) atoms. The Hall–Kier alpha value is -0.120. The molecule has 0 radical (unpaired) electrons. The first-order valence-electron chi connectivity index (χ1n) is 2.41. The van der Waals surface area contributed by atoms with Crippen LogP contribution in [-0.4, -0.2) is 19.8 Å². The zero-order chi connectivity index (χ0) is 4.24. The van der Waals surface area contributed by atoms with E-state index in [1.165, 1.54) is 19.5 Å². The maximum absolute atomic E-state index is 3.17. The van der Waals surface area contributed by atoms with Gasteiger partial charge in [0.1, 0.15) is 0 Å². The van der Waals surface area contributed by atoms with Gasteiger partial charge in [0.15, 0.2) is 0 Å². The van der Waals surface area contributed by atoms with E-state index in [9.17, 15) is 0 Å². The third kappa shape index (κ3) is 2.56. The molecule has 1 fully saturated rings. The highest BCUT2D eigenvalue weighted by molar-refractivity contribution is 4.54. The van der Waals surface area contributed by atoms with E-state index >= 15 is 0 Å². The Bertz CT molecular complexity index is 22.4. The van der Waals surface area contributed by atoms with Crippen LogP contribution in [0.5, 0.6) is 0 Å². The van der Waals surface area contributed by atoms with Gasteiger partial charge in [0.2, 0.25) is 0 Å². The maximum atomic E-state index is 3.17. The summed E-state index contributed by atoms with van der Waals surface area (Å²) in [5.74, 6) is 0. The maximum Gasteiger partial charge on any atom is 0.0454 e. The Morgan fingerprint density at radius 2 is 1.57 bits per heavy atom. The topological polar surface area (TPSA) is 59.1 Å². The van der Waals surface area contributed by atoms with Crippen LogP contribution in [0.4, 0.5) is 0 Å². The van der Waals surface area contributed by atoms with Crippen LogP contribution >= 0.6 is 0 Å². The van der Waals surface area contributed by atoms with E-state index in [1.807, 2.05) is 0 Å². The molecule has 5 N–H and O–H groups in total. The predicted octanol–water partition coefficient (Wildman–Crippen LogP) is -0.311. The van der Waals surface area contributed by atoms with Crippen LogP contribution in [-0.2, 0) is 0 Å². The highest BCUT2D eigenvalue weighted by atomic mass is 15.1. The second-order valence-corrected chi connectivity index (χ2v) is 1.53. The van der Waals surface area contributed by atoms with Gasteiger partial charge < -0.3 is 16.8 Å². The van der Waals surface area contributed by atoms with Crippen molar-refractivity contribution < 1.29 is 0 Å². The SMILES string of the molecule is C1CNCNC1.N. The second-order valence-electron chi connectivity index (χ2n) is 1.53. The molecule has 0 saturated carbocycles. The predicted molar refractivity (Wildman–Crippen MR) is 30.5 cm³/mol. The van der Waals surface area contributed by atoms with Gasteiger partial charge in [0.05, 0.1) is 0 Å². The molecule has 1 aliphatic rings. The summed E-state index contributed by atoms with van der Waals surface area (Å²) < 4.78 is 0. The summed E-state index contributed by atoms with van der Waals surface area (Å²) in [6.07, 6.45) is 1.28. The fraction of sp³-hybridized carbons (Fsp3) is 1.00. The van der Waals surface area contributed by atoms with Crippen LogP contribution in [0, 0.1) is 0 Å². The minimum atomic E-state index is 0. The summed E-state index contributed by atoms with van der Waals surface area (Å²) in [4.78, 5) is 0. The van der Waals surface area contributed by atoms with Gasteiger partial charge in [-0.25, -0.2) is 0 Å². The summed E-state index contributed by atoms with van der Waals surface area (Å²) in [6, 6.07) is 0. The Labute approximate surface area is 44.1 Å². The molecule has 1 saturated heterocycles. The van der Waals surface area contributed by atoms with Gasteiger partial charge in [-0.2, -0.15) is 0 Å². The Kier molecular flexibility index (Phi) is 3.98. The lowest BCUT2D eigenvalue weighted by molar-refractivity contribution is 0.496. The molecule has 0 aromatic heterocycles. The van der Waals surface area contributed by atoms with Crippen molar-refractivity contribution in [3.05, 3.63) is 0 Å². The molecular weight excluding hydrogens is 90.1 g/mol. The molecule has 1 rings (SSSR count). The lowest BCUT2D eigenvalue weighted by atomic mass is 10.4. The molecule has 0 aromatic carbocycles. The van der Waals surface area contributed by atoms with Crippen molar-refractivity contribution in [2.75, 3.05) is 19.8 Å². The molecule has 1 aliphatic heterocycles. The zero-order valence-electron chi connectivity index (χ0n) is 4.54. The lowest BCUT2D eigenvalue weighted by Crippen LogP contribution is -2.37. The van der Waals surface area contributed by atoms with E-state index in [4.69, 9.17) is 0 Å². The average molecular weight is 103 g/mol. The Balaban J connectivity index is 0.000000360. The van der Waals surface area contributed by atoms with E-state index in [1.54, 1.807) is 0 Å². The highest BCUT2D eigenvalue weighted by Gasteiger charge is 1.91. The van der Waals surface area contributed by atoms with Gasteiger partial charge in [-0.05, 0) is 19.5 Å². The van der Waals surface area contributed by atoms with Gasteiger partial charge in [0.25, 0.3) is 0 Å². The lowest BCUT2D eigenvalue weighted by Gasteiger charge is -2.11.